The summed E-state index contributed by atoms with van der Waals surface area (Å²) in [6.07, 6.45) is 10.2. The molecule has 1 saturated carbocycles. The molecule has 2 heterocycles. The molecular formula is C17H33N3. The molecule has 0 aromatic rings. The molecule has 3 nitrogen and oxygen atoms in total. The maximum absolute atomic E-state index is 3.79. The molecular weight excluding hydrogens is 246 g/mol. The van der Waals surface area contributed by atoms with Gasteiger partial charge < -0.3 is 5.32 Å². The van der Waals surface area contributed by atoms with Crippen LogP contribution in [0.4, 0.5) is 0 Å². The molecule has 0 spiro atoms. The van der Waals surface area contributed by atoms with E-state index in [1.165, 1.54) is 77.7 Å². The van der Waals surface area contributed by atoms with Crippen molar-refractivity contribution in [1.82, 2.24) is 15.1 Å². The van der Waals surface area contributed by atoms with Gasteiger partial charge in [-0.25, -0.2) is 0 Å². The molecule has 0 aromatic carbocycles. The van der Waals surface area contributed by atoms with Crippen LogP contribution in [-0.4, -0.2) is 61.2 Å². The molecule has 3 fully saturated rings. The first-order valence-corrected chi connectivity index (χ1v) is 9.06. The summed E-state index contributed by atoms with van der Waals surface area (Å²) < 4.78 is 0. The maximum atomic E-state index is 3.79. The summed E-state index contributed by atoms with van der Waals surface area (Å²) in [5.41, 5.74) is 0. The number of fused-ring (bicyclic) bond motifs is 1. The number of piperazine rings is 1. The number of nitrogens with zero attached hydrogens (tertiary/aromatic N) is 2. The van der Waals surface area contributed by atoms with Gasteiger partial charge in [0.05, 0.1) is 0 Å². The van der Waals surface area contributed by atoms with Gasteiger partial charge in [0.25, 0.3) is 0 Å². The van der Waals surface area contributed by atoms with Crippen LogP contribution in [0.5, 0.6) is 0 Å². The summed E-state index contributed by atoms with van der Waals surface area (Å²) in [6.45, 7) is 9.99. The highest BCUT2D eigenvalue weighted by Gasteiger charge is 2.32. The summed E-state index contributed by atoms with van der Waals surface area (Å²) in [5.74, 6) is 0.944. The Kier molecular flexibility index (Phi) is 5.36. The minimum Gasteiger partial charge on any atom is -0.313 e. The van der Waals surface area contributed by atoms with Crippen molar-refractivity contribution in [2.75, 3.05) is 39.3 Å². The summed E-state index contributed by atoms with van der Waals surface area (Å²) in [5, 5.41) is 3.79. The van der Waals surface area contributed by atoms with E-state index < -0.39 is 0 Å². The summed E-state index contributed by atoms with van der Waals surface area (Å²) in [6, 6.07) is 1.61. The number of rotatable bonds is 5. The smallest absolute Gasteiger partial charge is 0.0223 e. The van der Waals surface area contributed by atoms with Crippen LogP contribution in [0.25, 0.3) is 0 Å². The molecule has 0 aromatic heterocycles. The van der Waals surface area contributed by atoms with E-state index in [0.717, 1.165) is 24.5 Å². The Bertz CT molecular complexity index is 288. The second-order valence-electron chi connectivity index (χ2n) is 7.15. The molecule has 2 unspecified atom stereocenters. The quantitative estimate of drug-likeness (QED) is 0.833. The zero-order valence-electron chi connectivity index (χ0n) is 13.3. The molecule has 2 atom stereocenters. The molecule has 0 bridgehead atoms. The van der Waals surface area contributed by atoms with Gasteiger partial charge in [0.2, 0.25) is 0 Å². The third kappa shape index (κ3) is 3.55. The average molecular weight is 279 g/mol. The lowest BCUT2D eigenvalue weighted by atomic mass is 9.95. The predicted octanol–water partition coefficient (Wildman–Crippen LogP) is 2.32. The number of piperidine rings is 1. The minimum absolute atomic E-state index is 0.748. The second kappa shape index (κ2) is 7.24. The molecule has 3 rings (SSSR count). The fraction of sp³-hybridized carbons (Fsp3) is 1.00. The van der Waals surface area contributed by atoms with Gasteiger partial charge in [-0.3, -0.25) is 9.80 Å². The molecule has 3 heteroatoms. The Morgan fingerprint density at radius 1 is 1.00 bits per heavy atom. The van der Waals surface area contributed by atoms with Crippen LogP contribution < -0.4 is 5.32 Å². The summed E-state index contributed by atoms with van der Waals surface area (Å²) in [4.78, 5) is 5.51. The van der Waals surface area contributed by atoms with Crippen molar-refractivity contribution in [2.45, 2.75) is 64.0 Å². The molecule has 0 amide bonds. The van der Waals surface area contributed by atoms with Crippen molar-refractivity contribution in [3.63, 3.8) is 0 Å². The minimum atomic E-state index is 0.748. The van der Waals surface area contributed by atoms with Gasteiger partial charge in [-0.2, -0.15) is 0 Å². The van der Waals surface area contributed by atoms with Crippen LogP contribution in [-0.2, 0) is 0 Å². The highest BCUT2D eigenvalue weighted by atomic mass is 15.3. The lowest BCUT2D eigenvalue weighted by molar-refractivity contribution is 0.0412. The number of hydrogen-bond acceptors (Lipinski definition) is 3. The molecule has 1 N–H and O–H groups in total. The van der Waals surface area contributed by atoms with Crippen molar-refractivity contribution in [3.8, 4) is 0 Å². The SMILES string of the molecule is CCNC(CN1CCN2CCCCC2C1)C1CCCC1. The van der Waals surface area contributed by atoms with Gasteiger partial charge >= 0.3 is 0 Å². The standard InChI is InChI=1S/C17H33N3/c1-2-18-17(15-7-3-4-8-15)14-19-11-12-20-10-6-5-9-16(20)13-19/h15-18H,2-14H2,1H3. The topological polar surface area (TPSA) is 18.5 Å². The van der Waals surface area contributed by atoms with E-state index in [4.69, 9.17) is 0 Å². The predicted molar refractivity (Wildman–Crippen MR) is 85.1 cm³/mol. The zero-order valence-corrected chi connectivity index (χ0v) is 13.3. The highest BCUT2D eigenvalue weighted by Crippen LogP contribution is 2.29. The van der Waals surface area contributed by atoms with Crippen LogP contribution in [0.15, 0.2) is 0 Å². The molecule has 0 radical (unpaired) electrons. The van der Waals surface area contributed by atoms with E-state index in [0.29, 0.717) is 0 Å². The lowest BCUT2D eigenvalue weighted by Crippen LogP contribution is -2.57. The Hall–Kier alpha value is -0.120. The van der Waals surface area contributed by atoms with Crippen molar-refractivity contribution < 1.29 is 0 Å². The molecule has 3 aliphatic rings. The average Bonchev–Trinajstić information content (AvgIpc) is 3.01. The van der Waals surface area contributed by atoms with E-state index >= 15 is 0 Å². The molecule has 2 saturated heterocycles. The first-order valence-electron chi connectivity index (χ1n) is 9.06. The largest absolute Gasteiger partial charge is 0.313 e. The van der Waals surface area contributed by atoms with Crippen LogP contribution in [0.3, 0.4) is 0 Å². The molecule has 2 aliphatic heterocycles. The maximum Gasteiger partial charge on any atom is 0.0223 e. The zero-order chi connectivity index (χ0) is 13.8. The first-order chi connectivity index (χ1) is 9.86. The van der Waals surface area contributed by atoms with E-state index in [9.17, 15) is 0 Å². The van der Waals surface area contributed by atoms with Crippen molar-refractivity contribution in [1.29, 1.82) is 0 Å². The number of likely N-dealkylation sites (N-methyl/N-ethyl adjacent to an activating group) is 1. The Balaban J connectivity index is 1.52. The highest BCUT2D eigenvalue weighted by molar-refractivity contribution is 4.89. The van der Waals surface area contributed by atoms with Crippen molar-refractivity contribution in [3.05, 3.63) is 0 Å². The fourth-order valence-electron chi connectivity index (χ4n) is 4.67. The number of nitrogens with one attached hydrogen (secondary N) is 1. The van der Waals surface area contributed by atoms with Gasteiger partial charge in [-0.15, -0.1) is 0 Å². The summed E-state index contributed by atoms with van der Waals surface area (Å²) in [7, 11) is 0. The Morgan fingerprint density at radius 3 is 2.60 bits per heavy atom. The summed E-state index contributed by atoms with van der Waals surface area (Å²) >= 11 is 0. The van der Waals surface area contributed by atoms with Crippen molar-refractivity contribution >= 4 is 0 Å². The van der Waals surface area contributed by atoms with E-state index in [1.807, 2.05) is 0 Å². The normalized spacial score (nSPS) is 31.4. The first kappa shape index (κ1) is 14.8. The molecule has 116 valence electrons. The van der Waals surface area contributed by atoms with E-state index in [-0.39, 0.29) is 0 Å². The lowest BCUT2D eigenvalue weighted by Gasteiger charge is -2.45. The second-order valence-corrected chi connectivity index (χ2v) is 7.15. The van der Waals surface area contributed by atoms with E-state index in [1.54, 1.807) is 0 Å². The van der Waals surface area contributed by atoms with Gasteiger partial charge in [0.15, 0.2) is 0 Å². The van der Waals surface area contributed by atoms with Gasteiger partial charge in [-0.1, -0.05) is 26.2 Å². The third-order valence-electron chi connectivity index (χ3n) is 5.81. The molecule has 20 heavy (non-hydrogen) atoms. The van der Waals surface area contributed by atoms with Gasteiger partial charge in [0, 0.05) is 38.3 Å². The van der Waals surface area contributed by atoms with E-state index in [2.05, 4.69) is 22.0 Å². The number of hydrogen-bond donors (Lipinski definition) is 1. The monoisotopic (exact) mass is 279 g/mol. The Labute approximate surface area is 125 Å². The van der Waals surface area contributed by atoms with Gasteiger partial charge in [0.1, 0.15) is 0 Å². The Morgan fingerprint density at radius 2 is 1.80 bits per heavy atom. The van der Waals surface area contributed by atoms with Gasteiger partial charge in [-0.05, 0) is 44.7 Å². The van der Waals surface area contributed by atoms with Crippen LogP contribution in [0, 0.1) is 5.92 Å². The fourth-order valence-corrected chi connectivity index (χ4v) is 4.67. The third-order valence-corrected chi connectivity index (χ3v) is 5.81. The van der Waals surface area contributed by atoms with Crippen LogP contribution >= 0.6 is 0 Å². The van der Waals surface area contributed by atoms with Crippen LogP contribution in [0.1, 0.15) is 51.9 Å². The van der Waals surface area contributed by atoms with Crippen molar-refractivity contribution in [2.24, 2.45) is 5.92 Å². The molecule has 1 aliphatic carbocycles. The van der Waals surface area contributed by atoms with Crippen LogP contribution in [0.2, 0.25) is 0 Å².